The van der Waals surface area contributed by atoms with Gasteiger partial charge in [-0.25, -0.2) is 0 Å². The molecule has 0 aliphatic carbocycles. The van der Waals surface area contributed by atoms with Crippen LogP contribution in [0.1, 0.15) is 46.0 Å². The molecule has 7 heteroatoms. The zero-order valence-corrected chi connectivity index (χ0v) is 12.8. The fraction of sp³-hybridized carbons (Fsp3) is 0.400. The number of carbonyl (C=O) groups is 1. The van der Waals surface area contributed by atoms with E-state index in [1.807, 2.05) is 13.0 Å². The van der Waals surface area contributed by atoms with Crippen molar-refractivity contribution < 1.29 is 19.2 Å². The maximum atomic E-state index is 12.1. The molecule has 0 spiro atoms. The minimum atomic E-state index is -0.565. The third kappa shape index (κ3) is 3.69. The highest BCUT2D eigenvalue weighted by molar-refractivity contribution is 5.94. The van der Waals surface area contributed by atoms with Crippen molar-refractivity contribution in [2.75, 3.05) is 7.11 Å². The Morgan fingerprint density at radius 1 is 1.50 bits per heavy atom. The van der Waals surface area contributed by atoms with Gasteiger partial charge in [0, 0.05) is 18.4 Å². The lowest BCUT2D eigenvalue weighted by Crippen LogP contribution is -2.24. The van der Waals surface area contributed by atoms with Gasteiger partial charge in [-0.1, -0.05) is 11.2 Å². The number of aliphatic hydroxyl groups excluding tert-OH is 1. The summed E-state index contributed by atoms with van der Waals surface area (Å²) >= 11 is 0. The molecule has 1 atom stereocenters. The van der Waals surface area contributed by atoms with Gasteiger partial charge in [0.15, 0.2) is 0 Å². The molecular weight excluding hydrogens is 286 g/mol. The first kappa shape index (κ1) is 16.1. The average molecular weight is 305 g/mol. The highest BCUT2D eigenvalue weighted by atomic mass is 16.5. The van der Waals surface area contributed by atoms with Crippen LogP contribution in [0.3, 0.4) is 0 Å². The average Bonchev–Trinajstić information content (AvgIpc) is 2.93. The minimum Gasteiger partial charge on any atom is -0.389 e. The molecule has 0 aliphatic heterocycles. The van der Waals surface area contributed by atoms with Gasteiger partial charge in [-0.05, 0) is 19.9 Å². The number of aryl methyl sites for hydroxylation is 1. The SMILES string of the molecule is COCc1nocc1C(=O)NCc1ccc(C(C)O)c(C)n1. The molecule has 2 rings (SSSR count). The summed E-state index contributed by atoms with van der Waals surface area (Å²) in [7, 11) is 1.52. The first-order valence-electron chi connectivity index (χ1n) is 6.87. The van der Waals surface area contributed by atoms with Crippen LogP contribution in [0.25, 0.3) is 0 Å². The Hall–Kier alpha value is -2.25. The molecule has 7 nitrogen and oxygen atoms in total. The van der Waals surface area contributed by atoms with E-state index in [2.05, 4.69) is 15.5 Å². The van der Waals surface area contributed by atoms with Crippen LogP contribution in [0.2, 0.25) is 0 Å². The van der Waals surface area contributed by atoms with E-state index in [0.717, 1.165) is 11.3 Å². The van der Waals surface area contributed by atoms with Gasteiger partial charge >= 0.3 is 0 Å². The maximum Gasteiger partial charge on any atom is 0.256 e. The molecule has 0 radical (unpaired) electrons. The number of rotatable bonds is 6. The quantitative estimate of drug-likeness (QED) is 0.839. The van der Waals surface area contributed by atoms with Crippen molar-refractivity contribution in [1.29, 1.82) is 0 Å². The number of aliphatic hydroxyl groups is 1. The van der Waals surface area contributed by atoms with E-state index in [9.17, 15) is 9.90 Å². The van der Waals surface area contributed by atoms with Crippen molar-refractivity contribution in [2.24, 2.45) is 0 Å². The Morgan fingerprint density at radius 3 is 2.91 bits per heavy atom. The van der Waals surface area contributed by atoms with E-state index in [1.165, 1.54) is 13.4 Å². The molecule has 1 amide bonds. The molecule has 2 heterocycles. The largest absolute Gasteiger partial charge is 0.389 e. The van der Waals surface area contributed by atoms with Crippen LogP contribution < -0.4 is 5.32 Å². The van der Waals surface area contributed by atoms with E-state index in [4.69, 9.17) is 9.26 Å². The van der Waals surface area contributed by atoms with Crippen molar-refractivity contribution in [3.05, 3.63) is 46.6 Å². The van der Waals surface area contributed by atoms with Crippen LogP contribution in [0.4, 0.5) is 0 Å². The summed E-state index contributed by atoms with van der Waals surface area (Å²) in [4.78, 5) is 16.5. The van der Waals surface area contributed by atoms with E-state index < -0.39 is 6.10 Å². The second-order valence-corrected chi connectivity index (χ2v) is 4.94. The van der Waals surface area contributed by atoms with Crippen molar-refractivity contribution in [2.45, 2.75) is 33.1 Å². The fourth-order valence-electron chi connectivity index (χ4n) is 2.12. The maximum absolute atomic E-state index is 12.1. The van der Waals surface area contributed by atoms with Crippen molar-refractivity contribution >= 4 is 5.91 Å². The van der Waals surface area contributed by atoms with E-state index >= 15 is 0 Å². The van der Waals surface area contributed by atoms with E-state index in [0.29, 0.717) is 17.0 Å². The summed E-state index contributed by atoms with van der Waals surface area (Å²) in [6.07, 6.45) is 0.726. The summed E-state index contributed by atoms with van der Waals surface area (Å²) in [5.74, 6) is -0.299. The number of nitrogens with zero attached hydrogens (tertiary/aromatic N) is 2. The number of pyridine rings is 1. The highest BCUT2D eigenvalue weighted by Gasteiger charge is 2.16. The molecular formula is C15H19N3O4. The predicted molar refractivity (Wildman–Crippen MR) is 78.0 cm³/mol. The predicted octanol–water partition coefficient (Wildman–Crippen LogP) is 1.51. The van der Waals surface area contributed by atoms with Gasteiger partial charge in [-0.3, -0.25) is 9.78 Å². The Kier molecular flexibility index (Phi) is 5.24. The van der Waals surface area contributed by atoms with Crippen molar-refractivity contribution in [3.8, 4) is 0 Å². The van der Waals surface area contributed by atoms with Gasteiger partial charge < -0.3 is 19.7 Å². The van der Waals surface area contributed by atoms with Crippen LogP contribution in [-0.4, -0.2) is 28.3 Å². The molecule has 2 aromatic heterocycles. The molecule has 0 aromatic carbocycles. The molecule has 0 bridgehead atoms. The molecule has 0 aliphatic rings. The first-order chi connectivity index (χ1) is 10.5. The Labute approximate surface area is 128 Å². The van der Waals surface area contributed by atoms with E-state index in [-0.39, 0.29) is 19.1 Å². The number of carbonyl (C=O) groups excluding carboxylic acids is 1. The molecule has 0 saturated carbocycles. The smallest absolute Gasteiger partial charge is 0.256 e. The van der Waals surface area contributed by atoms with Crippen LogP contribution in [-0.2, 0) is 17.9 Å². The Balaban J connectivity index is 2.02. The minimum absolute atomic E-state index is 0.208. The Morgan fingerprint density at radius 2 is 2.27 bits per heavy atom. The molecule has 2 aromatic rings. The number of ether oxygens (including phenoxy) is 1. The lowest BCUT2D eigenvalue weighted by atomic mass is 10.1. The van der Waals surface area contributed by atoms with Crippen LogP contribution >= 0.6 is 0 Å². The molecule has 0 saturated heterocycles. The fourth-order valence-corrected chi connectivity index (χ4v) is 2.12. The topological polar surface area (TPSA) is 97.5 Å². The molecule has 1 unspecified atom stereocenters. The number of methoxy groups -OCH3 is 1. The lowest BCUT2D eigenvalue weighted by molar-refractivity contribution is 0.0945. The third-order valence-corrected chi connectivity index (χ3v) is 3.23. The zero-order chi connectivity index (χ0) is 16.1. The van der Waals surface area contributed by atoms with Crippen LogP contribution in [0.5, 0.6) is 0 Å². The van der Waals surface area contributed by atoms with Crippen molar-refractivity contribution in [3.63, 3.8) is 0 Å². The monoisotopic (exact) mass is 305 g/mol. The number of aromatic nitrogens is 2. The summed E-state index contributed by atoms with van der Waals surface area (Å²) in [6, 6.07) is 3.59. The normalized spacial score (nSPS) is 12.2. The zero-order valence-electron chi connectivity index (χ0n) is 12.8. The van der Waals surface area contributed by atoms with Gasteiger partial charge in [0.25, 0.3) is 5.91 Å². The molecule has 2 N–H and O–H groups in total. The molecule has 118 valence electrons. The number of nitrogens with one attached hydrogen (secondary N) is 1. The standard InChI is InChI=1S/C15H19N3O4/c1-9-12(10(2)19)5-4-11(17-9)6-16-15(20)13-7-22-18-14(13)8-21-3/h4-5,7,10,19H,6,8H2,1-3H3,(H,16,20). The van der Waals surface area contributed by atoms with Gasteiger partial charge in [-0.2, -0.15) is 0 Å². The number of hydrogen-bond acceptors (Lipinski definition) is 6. The van der Waals surface area contributed by atoms with E-state index in [1.54, 1.807) is 13.0 Å². The first-order valence-corrected chi connectivity index (χ1v) is 6.87. The second kappa shape index (κ2) is 7.15. The summed E-state index contributed by atoms with van der Waals surface area (Å²) in [5, 5.41) is 16.1. The lowest BCUT2D eigenvalue weighted by Gasteiger charge is -2.10. The van der Waals surface area contributed by atoms with Gasteiger partial charge in [-0.15, -0.1) is 0 Å². The van der Waals surface area contributed by atoms with Crippen molar-refractivity contribution in [1.82, 2.24) is 15.5 Å². The van der Waals surface area contributed by atoms with Crippen LogP contribution in [0, 0.1) is 6.92 Å². The summed E-state index contributed by atoms with van der Waals surface area (Å²) < 4.78 is 9.75. The summed E-state index contributed by atoms with van der Waals surface area (Å²) in [6.45, 7) is 4.00. The second-order valence-electron chi connectivity index (χ2n) is 4.94. The molecule has 22 heavy (non-hydrogen) atoms. The number of amides is 1. The highest BCUT2D eigenvalue weighted by Crippen LogP contribution is 2.15. The Bertz CT molecular complexity index is 652. The number of hydrogen-bond donors (Lipinski definition) is 2. The van der Waals surface area contributed by atoms with Gasteiger partial charge in [0.05, 0.1) is 24.9 Å². The van der Waals surface area contributed by atoms with Crippen LogP contribution in [0.15, 0.2) is 22.9 Å². The molecule has 0 fully saturated rings. The van der Waals surface area contributed by atoms with Gasteiger partial charge in [0.1, 0.15) is 17.5 Å². The summed E-state index contributed by atoms with van der Waals surface area (Å²) in [5.41, 5.74) is 3.02. The third-order valence-electron chi connectivity index (χ3n) is 3.23. The van der Waals surface area contributed by atoms with Gasteiger partial charge in [0.2, 0.25) is 0 Å².